The molecule has 0 spiro atoms. The lowest BCUT2D eigenvalue weighted by Crippen LogP contribution is -2.12. The van der Waals surface area contributed by atoms with Gasteiger partial charge in [-0.2, -0.15) is 0 Å². The standard InChI is InChI=1S/C16H14Cl2O2/c1-11(10-17)16(19)12-6-8-13(9-7-12)20-15-5-3-2-4-14(15)18/h2-9,11H,10H2,1H3. The summed E-state index contributed by atoms with van der Waals surface area (Å²) in [5.74, 6) is 1.38. The Morgan fingerprint density at radius 3 is 2.40 bits per heavy atom. The number of para-hydroxylation sites is 1. The second kappa shape index (κ2) is 6.78. The molecule has 0 radical (unpaired) electrons. The Morgan fingerprint density at radius 2 is 1.80 bits per heavy atom. The SMILES string of the molecule is CC(CCl)C(=O)c1ccc(Oc2ccccc2Cl)cc1. The molecule has 1 unspecified atom stereocenters. The molecule has 1 atom stereocenters. The van der Waals surface area contributed by atoms with Crippen LogP contribution in [0.3, 0.4) is 0 Å². The van der Waals surface area contributed by atoms with Gasteiger partial charge < -0.3 is 4.74 Å². The van der Waals surface area contributed by atoms with Gasteiger partial charge in [0.05, 0.1) is 5.02 Å². The number of hydrogen-bond donors (Lipinski definition) is 0. The van der Waals surface area contributed by atoms with Gasteiger partial charge in [-0.15, -0.1) is 11.6 Å². The summed E-state index contributed by atoms with van der Waals surface area (Å²) in [5, 5.41) is 0.545. The topological polar surface area (TPSA) is 26.3 Å². The molecular formula is C16H14Cl2O2. The van der Waals surface area contributed by atoms with E-state index in [-0.39, 0.29) is 11.7 Å². The minimum Gasteiger partial charge on any atom is -0.456 e. The summed E-state index contributed by atoms with van der Waals surface area (Å²) in [7, 11) is 0. The van der Waals surface area contributed by atoms with E-state index in [9.17, 15) is 4.79 Å². The van der Waals surface area contributed by atoms with E-state index in [1.807, 2.05) is 19.1 Å². The molecule has 2 aromatic rings. The molecule has 0 aliphatic rings. The molecule has 20 heavy (non-hydrogen) atoms. The number of alkyl halides is 1. The van der Waals surface area contributed by atoms with Crippen LogP contribution in [0, 0.1) is 5.92 Å². The molecule has 2 rings (SSSR count). The quantitative estimate of drug-likeness (QED) is 0.561. The first-order valence-corrected chi connectivity index (χ1v) is 7.15. The molecule has 0 heterocycles. The smallest absolute Gasteiger partial charge is 0.166 e. The number of hydrogen-bond acceptors (Lipinski definition) is 2. The lowest BCUT2D eigenvalue weighted by Gasteiger charge is -2.09. The van der Waals surface area contributed by atoms with Crippen LogP contribution in [-0.2, 0) is 0 Å². The van der Waals surface area contributed by atoms with Crippen molar-refractivity contribution in [2.75, 3.05) is 5.88 Å². The van der Waals surface area contributed by atoms with Crippen LogP contribution in [0.1, 0.15) is 17.3 Å². The predicted molar refractivity (Wildman–Crippen MR) is 82.2 cm³/mol. The third-order valence-corrected chi connectivity index (χ3v) is 3.66. The number of rotatable bonds is 5. The summed E-state index contributed by atoms with van der Waals surface area (Å²) >= 11 is 11.7. The average Bonchev–Trinajstić information content (AvgIpc) is 2.49. The molecule has 104 valence electrons. The first kappa shape index (κ1) is 14.9. The lowest BCUT2D eigenvalue weighted by atomic mass is 10.0. The number of carbonyl (C=O) groups excluding carboxylic acids is 1. The van der Waals surface area contributed by atoms with Crippen molar-refractivity contribution in [3.63, 3.8) is 0 Å². The van der Waals surface area contributed by atoms with Crippen LogP contribution in [0.15, 0.2) is 48.5 Å². The lowest BCUT2D eigenvalue weighted by molar-refractivity contribution is 0.0941. The maximum absolute atomic E-state index is 12.0. The van der Waals surface area contributed by atoms with Crippen LogP contribution in [0.5, 0.6) is 11.5 Å². The van der Waals surface area contributed by atoms with Crippen molar-refractivity contribution in [2.24, 2.45) is 5.92 Å². The van der Waals surface area contributed by atoms with Crippen LogP contribution >= 0.6 is 23.2 Å². The van der Waals surface area contributed by atoms with Crippen LogP contribution in [0.25, 0.3) is 0 Å². The van der Waals surface area contributed by atoms with Crippen LogP contribution in [0.2, 0.25) is 5.02 Å². The fourth-order valence-corrected chi connectivity index (χ4v) is 2.01. The zero-order valence-corrected chi connectivity index (χ0v) is 12.5. The maximum atomic E-state index is 12.0. The van der Waals surface area contributed by atoms with Gasteiger partial charge in [-0.05, 0) is 36.4 Å². The van der Waals surface area contributed by atoms with Crippen molar-refractivity contribution in [1.82, 2.24) is 0 Å². The zero-order chi connectivity index (χ0) is 14.5. The van der Waals surface area contributed by atoms with E-state index in [0.717, 1.165) is 0 Å². The van der Waals surface area contributed by atoms with Gasteiger partial charge in [-0.25, -0.2) is 0 Å². The summed E-state index contributed by atoms with van der Waals surface area (Å²) in [5.41, 5.74) is 0.629. The van der Waals surface area contributed by atoms with Gasteiger partial charge >= 0.3 is 0 Å². The zero-order valence-electron chi connectivity index (χ0n) is 11.0. The molecule has 0 aliphatic heterocycles. The van der Waals surface area contributed by atoms with Gasteiger partial charge in [0.25, 0.3) is 0 Å². The first-order valence-electron chi connectivity index (χ1n) is 6.24. The summed E-state index contributed by atoms with van der Waals surface area (Å²) in [6, 6.07) is 14.2. The molecule has 2 nitrogen and oxygen atoms in total. The maximum Gasteiger partial charge on any atom is 0.166 e. The van der Waals surface area contributed by atoms with Crippen molar-refractivity contribution in [2.45, 2.75) is 6.92 Å². The number of benzene rings is 2. The first-order chi connectivity index (χ1) is 9.61. The van der Waals surface area contributed by atoms with E-state index in [1.165, 1.54) is 0 Å². The summed E-state index contributed by atoms with van der Waals surface area (Å²) in [6.07, 6.45) is 0. The van der Waals surface area contributed by atoms with Crippen molar-refractivity contribution in [1.29, 1.82) is 0 Å². The van der Waals surface area contributed by atoms with Crippen molar-refractivity contribution in [3.05, 3.63) is 59.1 Å². The van der Waals surface area contributed by atoms with Gasteiger partial charge in [0, 0.05) is 17.4 Å². The highest BCUT2D eigenvalue weighted by molar-refractivity contribution is 6.32. The molecule has 0 fully saturated rings. The van der Waals surface area contributed by atoms with E-state index >= 15 is 0 Å². The van der Waals surface area contributed by atoms with Crippen LogP contribution in [0.4, 0.5) is 0 Å². The van der Waals surface area contributed by atoms with E-state index in [4.69, 9.17) is 27.9 Å². The monoisotopic (exact) mass is 308 g/mol. The summed E-state index contributed by atoms with van der Waals surface area (Å²) in [4.78, 5) is 12.0. The van der Waals surface area contributed by atoms with Crippen molar-refractivity contribution >= 4 is 29.0 Å². The molecule has 0 amide bonds. The van der Waals surface area contributed by atoms with Gasteiger partial charge in [-0.1, -0.05) is 30.7 Å². The molecule has 0 saturated heterocycles. The fourth-order valence-electron chi connectivity index (χ4n) is 1.70. The molecule has 0 bridgehead atoms. The highest BCUT2D eigenvalue weighted by Crippen LogP contribution is 2.29. The Balaban J connectivity index is 2.13. The Labute approximate surface area is 128 Å². The second-order valence-corrected chi connectivity index (χ2v) is 5.19. The Morgan fingerprint density at radius 1 is 1.15 bits per heavy atom. The van der Waals surface area contributed by atoms with E-state index < -0.39 is 0 Å². The summed E-state index contributed by atoms with van der Waals surface area (Å²) in [6.45, 7) is 1.81. The number of carbonyl (C=O) groups is 1. The second-order valence-electron chi connectivity index (χ2n) is 4.48. The Hall–Kier alpha value is -1.51. The molecule has 2 aromatic carbocycles. The van der Waals surface area contributed by atoms with Crippen molar-refractivity contribution in [3.8, 4) is 11.5 Å². The van der Waals surface area contributed by atoms with E-state index in [2.05, 4.69) is 0 Å². The van der Waals surface area contributed by atoms with Gasteiger partial charge in [0.1, 0.15) is 11.5 Å². The predicted octanol–water partition coefficient (Wildman–Crippen LogP) is 5.19. The molecule has 4 heteroatoms. The Bertz CT molecular complexity index is 594. The number of halogens is 2. The molecule has 0 aliphatic carbocycles. The molecule has 0 N–H and O–H groups in total. The van der Waals surface area contributed by atoms with Crippen LogP contribution in [-0.4, -0.2) is 11.7 Å². The minimum atomic E-state index is -0.188. The molecule has 0 saturated carbocycles. The number of ketones is 1. The van der Waals surface area contributed by atoms with Gasteiger partial charge in [-0.3, -0.25) is 4.79 Å². The van der Waals surface area contributed by atoms with Gasteiger partial charge in [0.2, 0.25) is 0 Å². The average molecular weight is 309 g/mol. The highest BCUT2D eigenvalue weighted by Gasteiger charge is 2.14. The largest absolute Gasteiger partial charge is 0.456 e. The van der Waals surface area contributed by atoms with Gasteiger partial charge in [0.15, 0.2) is 5.78 Å². The van der Waals surface area contributed by atoms with Crippen LogP contribution < -0.4 is 4.74 Å². The number of Topliss-reactive ketones (excluding diaryl/α,β-unsaturated/α-hetero) is 1. The fraction of sp³-hybridized carbons (Fsp3) is 0.188. The number of ether oxygens (including phenoxy) is 1. The molecular weight excluding hydrogens is 295 g/mol. The van der Waals surface area contributed by atoms with Crippen molar-refractivity contribution < 1.29 is 9.53 Å². The summed E-state index contributed by atoms with van der Waals surface area (Å²) < 4.78 is 5.66. The minimum absolute atomic E-state index is 0.0318. The van der Waals surface area contributed by atoms with E-state index in [1.54, 1.807) is 36.4 Å². The third-order valence-electron chi connectivity index (χ3n) is 2.88. The third kappa shape index (κ3) is 3.53. The highest BCUT2D eigenvalue weighted by atomic mass is 35.5. The Kier molecular flexibility index (Phi) is 5.05. The molecule has 0 aromatic heterocycles. The normalized spacial score (nSPS) is 11.9. The van der Waals surface area contributed by atoms with E-state index in [0.29, 0.717) is 28.0 Å².